The number of ether oxygens (including phenoxy) is 1. The summed E-state index contributed by atoms with van der Waals surface area (Å²) in [5.41, 5.74) is 2.74. The van der Waals surface area contributed by atoms with Crippen LogP contribution in [0.25, 0.3) is 17.1 Å². The second-order valence-corrected chi connectivity index (χ2v) is 6.86. The molecular weight excluding hydrogens is 418 g/mol. The Labute approximate surface area is 180 Å². The second-order valence-electron chi connectivity index (χ2n) is 6.86. The molecule has 1 aliphatic rings. The summed E-state index contributed by atoms with van der Waals surface area (Å²) >= 11 is 0. The summed E-state index contributed by atoms with van der Waals surface area (Å²) in [6, 6.07) is 7.20. The minimum Gasteiger partial charge on any atom is -0.479 e. The van der Waals surface area contributed by atoms with E-state index < -0.39 is 16.9 Å². The summed E-state index contributed by atoms with van der Waals surface area (Å²) in [5, 5.41) is 25.1. The maximum Gasteiger partial charge on any atom is 0.311 e. The molecule has 0 fully saturated rings. The number of aryl methyl sites for hydroxylation is 1. The number of aromatic nitrogens is 6. The number of imidazole rings is 1. The third kappa shape index (κ3) is 3.19. The first-order valence-electron chi connectivity index (χ1n) is 9.38. The Kier molecular flexibility index (Phi) is 4.51. The predicted molar refractivity (Wildman–Crippen MR) is 108 cm³/mol. The van der Waals surface area contributed by atoms with E-state index in [9.17, 15) is 15.2 Å². The Bertz CT molecular complexity index is 1310. The van der Waals surface area contributed by atoms with Gasteiger partial charge >= 0.3 is 5.95 Å². The van der Waals surface area contributed by atoms with E-state index in [-0.39, 0.29) is 11.6 Å². The lowest BCUT2D eigenvalue weighted by molar-refractivity contribution is -0.744. The van der Waals surface area contributed by atoms with E-state index in [2.05, 4.69) is 20.1 Å². The Morgan fingerprint density at radius 1 is 1.19 bits per heavy atom. The van der Waals surface area contributed by atoms with Gasteiger partial charge in [0.2, 0.25) is 5.88 Å². The molecule has 1 aromatic carbocycles. The van der Waals surface area contributed by atoms with Crippen LogP contribution in [0.1, 0.15) is 17.0 Å². The van der Waals surface area contributed by atoms with Crippen LogP contribution in [0.4, 0.5) is 0 Å². The van der Waals surface area contributed by atoms with Crippen molar-refractivity contribution in [3.05, 3.63) is 94.5 Å². The molecule has 0 radical (unpaired) electrons. The van der Waals surface area contributed by atoms with Crippen LogP contribution in [-0.4, -0.2) is 39.5 Å². The zero-order valence-corrected chi connectivity index (χ0v) is 16.6. The molecule has 4 heterocycles. The number of hydrogen-bond donors (Lipinski definition) is 1. The Balaban J connectivity index is 1.69. The number of fused-ring (bicyclic) bond motifs is 1. The lowest BCUT2D eigenvalue weighted by Crippen LogP contribution is -2.21. The minimum atomic E-state index is -0.995. The molecule has 1 unspecified atom stereocenters. The fraction of sp³-hybridized carbons (Fsp3) is 0.100. The van der Waals surface area contributed by atoms with Gasteiger partial charge in [-0.05, 0) is 17.7 Å². The third-order valence-corrected chi connectivity index (χ3v) is 4.99. The highest BCUT2D eigenvalue weighted by molar-refractivity contribution is 5.66. The molecule has 12 heteroatoms. The summed E-state index contributed by atoms with van der Waals surface area (Å²) in [6.07, 6.45) is 9.66. The third-order valence-electron chi connectivity index (χ3n) is 4.99. The Morgan fingerprint density at radius 3 is 2.66 bits per heavy atom. The highest BCUT2D eigenvalue weighted by Crippen LogP contribution is 2.47. The zero-order chi connectivity index (χ0) is 22.2. The summed E-state index contributed by atoms with van der Waals surface area (Å²) in [6.45, 7) is 0. The van der Waals surface area contributed by atoms with Crippen molar-refractivity contribution < 1.29 is 19.8 Å². The van der Waals surface area contributed by atoms with Gasteiger partial charge in [0.05, 0.1) is 24.0 Å². The van der Waals surface area contributed by atoms with Crippen LogP contribution >= 0.6 is 0 Å². The molecule has 160 valence electrons. The van der Waals surface area contributed by atoms with E-state index in [4.69, 9.17) is 9.57 Å². The first-order chi connectivity index (χ1) is 15.5. The van der Waals surface area contributed by atoms with Gasteiger partial charge in [0.25, 0.3) is 5.09 Å². The standard InChI is InChI=1S/C20H15N7O5/c1-25-19-16(17(24-25)14-10-21-6-7-23-14)15(18(20(28)31-19)32-27(29)30)12-2-4-13(5-3-12)26-9-8-22-11-26/h2-11,15,28H,1H3. The van der Waals surface area contributed by atoms with Crippen molar-refractivity contribution in [3.63, 3.8) is 0 Å². The van der Waals surface area contributed by atoms with Gasteiger partial charge in [-0.15, -0.1) is 10.1 Å². The van der Waals surface area contributed by atoms with Crippen LogP contribution < -0.4 is 4.74 Å². The van der Waals surface area contributed by atoms with E-state index in [1.807, 2.05) is 16.7 Å². The van der Waals surface area contributed by atoms with Gasteiger partial charge in [0, 0.05) is 37.5 Å². The molecule has 0 spiro atoms. The van der Waals surface area contributed by atoms with Gasteiger partial charge in [-0.3, -0.25) is 14.8 Å². The lowest BCUT2D eigenvalue weighted by Gasteiger charge is -2.25. The van der Waals surface area contributed by atoms with Gasteiger partial charge in [-0.25, -0.2) is 9.67 Å². The van der Waals surface area contributed by atoms with E-state index >= 15 is 0 Å². The summed E-state index contributed by atoms with van der Waals surface area (Å²) < 4.78 is 8.70. The minimum absolute atomic E-state index is 0.211. The number of aliphatic hydroxyl groups excluding tert-OH is 1. The van der Waals surface area contributed by atoms with E-state index in [0.29, 0.717) is 22.5 Å². The average Bonchev–Trinajstić information content (AvgIpc) is 3.44. The molecule has 0 saturated heterocycles. The average molecular weight is 433 g/mol. The quantitative estimate of drug-likeness (QED) is 0.371. The number of aliphatic hydroxyl groups is 1. The molecule has 32 heavy (non-hydrogen) atoms. The SMILES string of the molecule is Cn1nc(-c2cnccn2)c2c1OC(O)=C(O[N+](=O)[O-])C2c1ccc(-n2ccnc2)cc1. The molecule has 0 amide bonds. The number of rotatable bonds is 5. The molecule has 1 aliphatic heterocycles. The maximum absolute atomic E-state index is 11.2. The van der Waals surface area contributed by atoms with Crippen molar-refractivity contribution in [1.29, 1.82) is 0 Å². The van der Waals surface area contributed by atoms with E-state index in [1.54, 1.807) is 37.9 Å². The van der Waals surface area contributed by atoms with Crippen molar-refractivity contribution >= 4 is 0 Å². The van der Waals surface area contributed by atoms with Crippen LogP contribution in [-0.2, 0) is 11.9 Å². The van der Waals surface area contributed by atoms with Crippen LogP contribution in [0.2, 0.25) is 0 Å². The molecule has 1 atom stereocenters. The Morgan fingerprint density at radius 2 is 2.00 bits per heavy atom. The first-order valence-corrected chi connectivity index (χ1v) is 9.38. The molecule has 0 saturated carbocycles. The monoisotopic (exact) mass is 433 g/mol. The van der Waals surface area contributed by atoms with Crippen molar-refractivity contribution in [2.75, 3.05) is 0 Å². The van der Waals surface area contributed by atoms with E-state index in [0.717, 1.165) is 5.69 Å². The fourth-order valence-corrected chi connectivity index (χ4v) is 3.65. The van der Waals surface area contributed by atoms with Crippen molar-refractivity contribution in [1.82, 2.24) is 29.3 Å². The summed E-state index contributed by atoms with van der Waals surface area (Å²) in [4.78, 5) is 28.4. The molecule has 5 rings (SSSR count). The fourth-order valence-electron chi connectivity index (χ4n) is 3.65. The molecule has 12 nitrogen and oxygen atoms in total. The smallest absolute Gasteiger partial charge is 0.311 e. The summed E-state index contributed by atoms with van der Waals surface area (Å²) in [7, 11) is 1.63. The van der Waals surface area contributed by atoms with Gasteiger partial charge in [-0.2, -0.15) is 5.10 Å². The lowest BCUT2D eigenvalue weighted by atomic mass is 9.87. The largest absolute Gasteiger partial charge is 0.479 e. The van der Waals surface area contributed by atoms with Gasteiger partial charge in [-0.1, -0.05) is 12.1 Å². The molecule has 0 aliphatic carbocycles. The Hall–Kier alpha value is -4.74. The maximum atomic E-state index is 11.2. The second kappa shape index (κ2) is 7.50. The highest BCUT2D eigenvalue weighted by Gasteiger charge is 2.39. The summed E-state index contributed by atoms with van der Waals surface area (Å²) in [5.74, 6) is -1.75. The van der Waals surface area contributed by atoms with Crippen LogP contribution in [0.3, 0.4) is 0 Å². The number of hydrogen-bond acceptors (Lipinski definition) is 9. The normalized spacial score (nSPS) is 15.2. The molecule has 3 aromatic heterocycles. The highest BCUT2D eigenvalue weighted by atomic mass is 17.0. The molecular formula is C20H15N7O5. The van der Waals surface area contributed by atoms with Gasteiger partial charge < -0.3 is 14.4 Å². The van der Waals surface area contributed by atoms with Crippen molar-refractivity contribution in [3.8, 4) is 23.0 Å². The van der Waals surface area contributed by atoms with E-state index in [1.165, 1.54) is 23.3 Å². The molecule has 4 aromatic rings. The van der Waals surface area contributed by atoms with Crippen LogP contribution in [0.15, 0.2) is 73.3 Å². The predicted octanol–water partition coefficient (Wildman–Crippen LogP) is 2.52. The van der Waals surface area contributed by atoms with Crippen molar-refractivity contribution in [2.24, 2.45) is 7.05 Å². The number of nitrogens with zero attached hydrogens (tertiary/aromatic N) is 7. The van der Waals surface area contributed by atoms with Crippen LogP contribution in [0, 0.1) is 10.1 Å². The molecule has 1 N–H and O–H groups in total. The number of allylic oxidation sites excluding steroid dienone is 1. The topological polar surface area (TPSA) is 143 Å². The number of benzene rings is 1. The first kappa shape index (κ1) is 19.2. The van der Waals surface area contributed by atoms with Crippen LogP contribution in [0.5, 0.6) is 5.88 Å². The molecule has 0 bridgehead atoms. The van der Waals surface area contributed by atoms with Gasteiger partial charge in [0.15, 0.2) is 5.76 Å². The zero-order valence-electron chi connectivity index (χ0n) is 16.6. The van der Waals surface area contributed by atoms with Gasteiger partial charge in [0.1, 0.15) is 11.4 Å². The van der Waals surface area contributed by atoms with Crippen molar-refractivity contribution in [2.45, 2.75) is 5.92 Å².